The van der Waals surface area contributed by atoms with E-state index in [4.69, 9.17) is 35.8 Å². The van der Waals surface area contributed by atoms with Crippen LogP contribution in [0.4, 0.5) is 0 Å². The van der Waals surface area contributed by atoms with Gasteiger partial charge in [0.05, 0.1) is 24.8 Å². The third-order valence-electron chi connectivity index (χ3n) is 9.98. The van der Waals surface area contributed by atoms with Gasteiger partial charge < -0.3 is 82.1 Å². The maximum atomic E-state index is 12.3. The van der Waals surface area contributed by atoms with Crippen molar-refractivity contribution in [2.75, 3.05) is 13.7 Å². The first-order valence-electron chi connectivity index (χ1n) is 18.0. The number of ether oxygens (including phenoxy) is 4. The molecular weight excluding hydrogens is 710 g/mol. The first kappa shape index (κ1) is 45.3. The van der Waals surface area contributed by atoms with Gasteiger partial charge in [0.15, 0.2) is 36.4 Å². The molecular formula is C35H61N7O12. The maximum Gasteiger partial charge on any atom is 0.193 e. The molecule has 15 unspecified atom stereocenters. The lowest BCUT2D eigenvalue weighted by molar-refractivity contribution is -0.314. The molecule has 2 saturated heterocycles. The molecule has 0 bridgehead atoms. The number of aliphatic imine (C=N–C) groups is 1. The van der Waals surface area contributed by atoms with Gasteiger partial charge in [0.2, 0.25) is 0 Å². The fourth-order valence-corrected chi connectivity index (χ4v) is 6.66. The Balaban J connectivity index is 1.80. The number of rotatable bonds is 16. The smallest absolute Gasteiger partial charge is 0.193 e. The maximum absolute atomic E-state index is 12.3. The Morgan fingerprint density at radius 1 is 0.889 bits per heavy atom. The molecule has 0 spiro atoms. The zero-order chi connectivity index (χ0) is 40.5. The summed E-state index contributed by atoms with van der Waals surface area (Å²) in [6.45, 7) is 8.77. The number of likely N-dealkylation sites (N-methyl/N-ethyl adjacent to an activating group) is 1. The summed E-state index contributed by atoms with van der Waals surface area (Å²) in [5, 5.41) is 92.0. The number of aliphatic hydroxyl groups is 7. The van der Waals surface area contributed by atoms with E-state index < -0.39 is 104 Å². The summed E-state index contributed by atoms with van der Waals surface area (Å²) in [5.41, 5.74) is 12.9. The molecule has 0 amide bonds. The van der Waals surface area contributed by atoms with E-state index in [1.54, 1.807) is 6.20 Å². The Hall–Kier alpha value is -3.05. The first-order chi connectivity index (χ1) is 25.4. The summed E-state index contributed by atoms with van der Waals surface area (Å²) in [4.78, 5) is 16.5. The summed E-state index contributed by atoms with van der Waals surface area (Å²) in [6.07, 6.45) is -7.85. The molecule has 0 aromatic heterocycles. The van der Waals surface area contributed by atoms with E-state index in [1.165, 1.54) is 25.1 Å². The van der Waals surface area contributed by atoms with Crippen LogP contribution < -0.4 is 27.4 Å². The average molecular weight is 772 g/mol. The standard InChI is InChI=1S/C35H61N7O12/c1-16(2)9-7-10-17(3)11-8-12-18(4)13-40-34(38)42-21-25(46)22(41-33(36)37)29(28(49)26(21)47)53-32-30(35(50,15-44)19(5)51-32)54-31-23(39-6)27(48)24(45)20(14-43)52-31/h9,11,13,15,19-32,39,43,45-50H,7-8,10,12,14H2,1-6H3,(H4,36,37,41)(H3,38,40,42)/b17-11+,18-13+. The van der Waals surface area contributed by atoms with Crippen LogP contribution in [0.15, 0.2) is 40.1 Å². The fraction of sp³-hybridized carbons (Fsp3) is 0.743. The monoisotopic (exact) mass is 771 g/mol. The largest absolute Gasteiger partial charge is 0.394 e. The first-order valence-corrected chi connectivity index (χ1v) is 18.0. The van der Waals surface area contributed by atoms with Crippen molar-refractivity contribution in [2.45, 2.75) is 152 Å². The SMILES string of the molecule is CNC1C(OC2C(OC3C(O)C(O)C(N=C(N)N/C=C(\C)CC/C=C(\C)CCC=C(C)C)C(O)C3NC(=N)N)OC(C)C2(O)C=O)OC(CO)C(O)C1O. The van der Waals surface area contributed by atoms with Gasteiger partial charge in [-0.2, -0.15) is 0 Å². The molecule has 308 valence electrons. The van der Waals surface area contributed by atoms with Gasteiger partial charge in [-0.3, -0.25) is 10.2 Å². The van der Waals surface area contributed by atoms with Crippen molar-refractivity contribution >= 4 is 18.2 Å². The van der Waals surface area contributed by atoms with E-state index in [9.17, 15) is 40.5 Å². The van der Waals surface area contributed by atoms with E-state index in [0.717, 1.165) is 31.3 Å². The topological polar surface area (TPSA) is 320 Å². The number of nitrogens with two attached hydrogens (primary N) is 2. The highest BCUT2D eigenvalue weighted by atomic mass is 16.8. The van der Waals surface area contributed by atoms with Crippen molar-refractivity contribution in [1.29, 1.82) is 5.41 Å². The molecule has 3 rings (SSSR count). The van der Waals surface area contributed by atoms with Gasteiger partial charge >= 0.3 is 0 Å². The van der Waals surface area contributed by atoms with Crippen molar-refractivity contribution in [3.63, 3.8) is 0 Å². The number of nitrogens with one attached hydrogen (secondary N) is 4. The van der Waals surface area contributed by atoms with Gasteiger partial charge in [-0.05, 0) is 67.3 Å². The minimum absolute atomic E-state index is 0.158. The number of hydrogen-bond donors (Lipinski definition) is 13. The fourth-order valence-electron chi connectivity index (χ4n) is 6.66. The quantitative estimate of drug-likeness (QED) is 0.0323. The highest BCUT2D eigenvalue weighted by Gasteiger charge is 2.60. The molecule has 3 fully saturated rings. The number of guanidine groups is 2. The molecule has 15 N–H and O–H groups in total. The van der Waals surface area contributed by atoms with Crippen LogP contribution in [0.1, 0.15) is 60.3 Å². The number of carbonyl (C=O) groups excluding carboxylic acids is 1. The van der Waals surface area contributed by atoms with Crippen LogP contribution in [-0.2, 0) is 23.7 Å². The van der Waals surface area contributed by atoms with Crippen LogP contribution in [-0.4, -0.2) is 159 Å². The predicted octanol–water partition coefficient (Wildman–Crippen LogP) is -2.94. The summed E-state index contributed by atoms with van der Waals surface area (Å²) in [6, 6.07) is -4.03. The minimum Gasteiger partial charge on any atom is -0.394 e. The third kappa shape index (κ3) is 11.0. The molecule has 3 aliphatic rings. The zero-order valence-corrected chi connectivity index (χ0v) is 31.7. The van der Waals surface area contributed by atoms with Crippen molar-refractivity contribution in [3.8, 4) is 0 Å². The number of aldehydes is 1. The van der Waals surface area contributed by atoms with Gasteiger partial charge in [0.1, 0.15) is 54.9 Å². The van der Waals surface area contributed by atoms with Crippen molar-refractivity contribution in [2.24, 2.45) is 16.5 Å². The highest BCUT2D eigenvalue weighted by Crippen LogP contribution is 2.38. The molecule has 1 saturated carbocycles. The molecule has 19 heteroatoms. The van der Waals surface area contributed by atoms with E-state index >= 15 is 0 Å². The summed E-state index contributed by atoms with van der Waals surface area (Å²) in [5.74, 6) is -0.825. The van der Waals surface area contributed by atoms with E-state index in [2.05, 4.69) is 53.9 Å². The molecule has 54 heavy (non-hydrogen) atoms. The van der Waals surface area contributed by atoms with E-state index in [0.29, 0.717) is 0 Å². The molecule has 15 atom stereocenters. The number of aliphatic hydroxyl groups excluding tert-OH is 6. The second kappa shape index (κ2) is 20.2. The van der Waals surface area contributed by atoms with Gasteiger partial charge in [-0.1, -0.05) is 28.9 Å². The van der Waals surface area contributed by atoms with Crippen LogP contribution in [0.25, 0.3) is 0 Å². The van der Waals surface area contributed by atoms with Gasteiger partial charge in [-0.25, -0.2) is 4.99 Å². The molecule has 0 aromatic rings. The molecule has 2 heterocycles. The van der Waals surface area contributed by atoms with Crippen LogP contribution in [0, 0.1) is 5.41 Å². The van der Waals surface area contributed by atoms with Crippen LogP contribution in [0.2, 0.25) is 0 Å². The lowest BCUT2D eigenvalue weighted by atomic mass is 9.81. The van der Waals surface area contributed by atoms with Gasteiger partial charge in [-0.15, -0.1) is 0 Å². The predicted molar refractivity (Wildman–Crippen MR) is 197 cm³/mol. The van der Waals surface area contributed by atoms with Crippen molar-refractivity contribution < 1.29 is 59.5 Å². The van der Waals surface area contributed by atoms with E-state index in [-0.39, 0.29) is 12.2 Å². The second-order valence-corrected chi connectivity index (χ2v) is 14.4. The van der Waals surface area contributed by atoms with Gasteiger partial charge in [0.25, 0.3) is 0 Å². The summed E-state index contributed by atoms with van der Waals surface area (Å²) >= 11 is 0. The van der Waals surface area contributed by atoms with Crippen LogP contribution in [0.3, 0.4) is 0 Å². The van der Waals surface area contributed by atoms with Gasteiger partial charge in [0, 0.05) is 6.20 Å². The normalized spacial score (nSPS) is 39.2. The number of nitrogens with zero attached hydrogens (tertiary/aromatic N) is 1. The third-order valence-corrected chi connectivity index (χ3v) is 9.98. The number of allylic oxidation sites excluding steroid dienone is 5. The Bertz CT molecular complexity index is 1380. The number of carbonyl (C=O) groups is 1. The summed E-state index contributed by atoms with van der Waals surface area (Å²) in [7, 11) is 1.43. The molecule has 0 aromatic carbocycles. The van der Waals surface area contributed by atoms with Crippen molar-refractivity contribution in [1.82, 2.24) is 16.0 Å². The Kier molecular flexibility index (Phi) is 17.0. The molecule has 0 radical (unpaired) electrons. The molecule has 19 nitrogen and oxygen atoms in total. The zero-order valence-electron chi connectivity index (χ0n) is 31.7. The minimum atomic E-state index is -2.40. The molecule has 1 aliphatic carbocycles. The lowest BCUT2D eigenvalue weighted by Crippen LogP contribution is -2.70. The average Bonchev–Trinajstić information content (AvgIpc) is 3.35. The van der Waals surface area contributed by atoms with Crippen molar-refractivity contribution in [3.05, 3.63) is 35.1 Å². The Labute approximate surface area is 315 Å². The van der Waals surface area contributed by atoms with Crippen LogP contribution in [0.5, 0.6) is 0 Å². The van der Waals surface area contributed by atoms with E-state index in [1.807, 2.05) is 6.92 Å². The summed E-state index contributed by atoms with van der Waals surface area (Å²) < 4.78 is 23.4. The highest BCUT2D eigenvalue weighted by molar-refractivity contribution is 5.79. The second-order valence-electron chi connectivity index (χ2n) is 14.4. The van der Waals surface area contributed by atoms with Crippen LogP contribution >= 0.6 is 0 Å². The molecule has 2 aliphatic heterocycles. The lowest BCUT2D eigenvalue weighted by Gasteiger charge is -2.46. The Morgan fingerprint density at radius 3 is 2.13 bits per heavy atom. The number of hydrogen-bond acceptors (Lipinski definition) is 15. The Morgan fingerprint density at radius 2 is 1.54 bits per heavy atom.